The number of hydrogen-bond donors (Lipinski definition) is 1. The minimum absolute atomic E-state index is 0.672. The van der Waals surface area contributed by atoms with E-state index < -0.39 is 0 Å². The Morgan fingerprint density at radius 2 is 2.29 bits per heavy atom. The molecule has 0 amide bonds. The topological polar surface area (TPSA) is 29.9 Å². The van der Waals surface area contributed by atoms with Crippen LogP contribution < -0.4 is 5.32 Å². The summed E-state index contributed by atoms with van der Waals surface area (Å²) >= 11 is 0. The molecule has 3 nitrogen and oxygen atoms in total. The number of fused-ring (bicyclic) bond motifs is 1. The van der Waals surface area contributed by atoms with Crippen LogP contribution in [0.1, 0.15) is 56.4 Å². The number of hydrogen-bond acceptors (Lipinski definition) is 2. The molecule has 1 aliphatic carbocycles. The van der Waals surface area contributed by atoms with E-state index in [1.54, 1.807) is 0 Å². The Bertz CT molecular complexity index is 404. The van der Waals surface area contributed by atoms with Crippen LogP contribution in [0.5, 0.6) is 0 Å². The monoisotopic (exact) mass is 233 g/mol. The van der Waals surface area contributed by atoms with Crippen molar-refractivity contribution in [3.8, 4) is 0 Å². The third-order valence-corrected chi connectivity index (χ3v) is 4.18. The van der Waals surface area contributed by atoms with Crippen molar-refractivity contribution in [3.05, 3.63) is 17.2 Å². The Hall–Kier alpha value is -0.830. The fourth-order valence-electron chi connectivity index (χ4n) is 3.06. The van der Waals surface area contributed by atoms with Gasteiger partial charge in [0.25, 0.3) is 0 Å². The quantitative estimate of drug-likeness (QED) is 0.865. The molecule has 1 aliphatic heterocycles. The van der Waals surface area contributed by atoms with Crippen LogP contribution in [0.15, 0.2) is 0 Å². The molecular weight excluding hydrogens is 210 g/mol. The van der Waals surface area contributed by atoms with Gasteiger partial charge in [0.1, 0.15) is 5.82 Å². The molecule has 2 aliphatic rings. The molecule has 1 aromatic heterocycles. The molecule has 94 valence electrons. The van der Waals surface area contributed by atoms with Gasteiger partial charge in [-0.1, -0.05) is 6.92 Å². The van der Waals surface area contributed by atoms with E-state index in [1.165, 1.54) is 36.5 Å². The number of imidazole rings is 1. The van der Waals surface area contributed by atoms with Gasteiger partial charge in [0, 0.05) is 37.7 Å². The SMILES string of the molecule is CCCc1nc2c(n1C(C)C1CC1)CCNC2. The molecule has 3 rings (SSSR count). The van der Waals surface area contributed by atoms with E-state index in [-0.39, 0.29) is 0 Å². The van der Waals surface area contributed by atoms with Crippen LogP contribution in [0.3, 0.4) is 0 Å². The zero-order valence-electron chi connectivity index (χ0n) is 11.0. The maximum Gasteiger partial charge on any atom is 0.109 e. The smallest absolute Gasteiger partial charge is 0.109 e. The van der Waals surface area contributed by atoms with E-state index in [4.69, 9.17) is 4.98 Å². The van der Waals surface area contributed by atoms with Crippen molar-refractivity contribution in [2.75, 3.05) is 6.54 Å². The second kappa shape index (κ2) is 4.45. The maximum absolute atomic E-state index is 4.87. The zero-order valence-corrected chi connectivity index (χ0v) is 11.0. The van der Waals surface area contributed by atoms with Crippen LogP contribution in [0.25, 0.3) is 0 Å². The normalized spacial score (nSPS) is 21.3. The van der Waals surface area contributed by atoms with E-state index >= 15 is 0 Å². The van der Waals surface area contributed by atoms with E-state index in [0.29, 0.717) is 6.04 Å². The van der Waals surface area contributed by atoms with Gasteiger partial charge in [-0.05, 0) is 32.1 Å². The third kappa shape index (κ3) is 2.01. The number of nitrogens with one attached hydrogen (secondary N) is 1. The van der Waals surface area contributed by atoms with Gasteiger partial charge in [0.05, 0.1) is 5.69 Å². The molecule has 0 radical (unpaired) electrons. The molecule has 3 heteroatoms. The molecule has 1 fully saturated rings. The lowest BCUT2D eigenvalue weighted by Gasteiger charge is -2.21. The average molecular weight is 233 g/mol. The van der Waals surface area contributed by atoms with Crippen LogP contribution in [0.2, 0.25) is 0 Å². The summed E-state index contributed by atoms with van der Waals surface area (Å²) in [5, 5.41) is 3.43. The predicted molar refractivity (Wildman–Crippen MR) is 69.1 cm³/mol. The first kappa shape index (κ1) is 11.3. The average Bonchev–Trinajstić information content (AvgIpc) is 3.11. The fraction of sp³-hybridized carbons (Fsp3) is 0.786. The molecule has 1 aromatic rings. The van der Waals surface area contributed by atoms with Crippen molar-refractivity contribution >= 4 is 0 Å². The van der Waals surface area contributed by atoms with Crippen molar-refractivity contribution in [2.24, 2.45) is 5.92 Å². The molecule has 1 N–H and O–H groups in total. The summed E-state index contributed by atoms with van der Waals surface area (Å²) in [6.07, 6.45) is 6.31. The Labute approximate surface area is 104 Å². The molecule has 0 spiro atoms. The van der Waals surface area contributed by atoms with Gasteiger partial charge in [-0.15, -0.1) is 0 Å². The highest BCUT2D eigenvalue weighted by Crippen LogP contribution is 2.41. The maximum atomic E-state index is 4.87. The molecule has 2 heterocycles. The van der Waals surface area contributed by atoms with Crippen LogP contribution in [0.4, 0.5) is 0 Å². The highest BCUT2D eigenvalue weighted by atomic mass is 15.1. The number of aromatic nitrogens is 2. The lowest BCUT2D eigenvalue weighted by Crippen LogP contribution is -2.26. The first-order valence-electron chi connectivity index (χ1n) is 7.10. The fourth-order valence-corrected chi connectivity index (χ4v) is 3.06. The molecule has 1 unspecified atom stereocenters. The van der Waals surface area contributed by atoms with Gasteiger partial charge in [-0.2, -0.15) is 0 Å². The van der Waals surface area contributed by atoms with Gasteiger partial charge in [0.15, 0.2) is 0 Å². The minimum atomic E-state index is 0.672. The molecule has 1 saturated carbocycles. The van der Waals surface area contributed by atoms with Crippen molar-refractivity contribution in [2.45, 2.75) is 58.5 Å². The van der Waals surface area contributed by atoms with E-state index in [0.717, 1.165) is 31.8 Å². The molecule has 0 bridgehead atoms. The van der Waals surface area contributed by atoms with Crippen LogP contribution >= 0.6 is 0 Å². The first-order chi connectivity index (χ1) is 8.31. The molecule has 17 heavy (non-hydrogen) atoms. The molecule has 0 saturated heterocycles. The summed E-state index contributed by atoms with van der Waals surface area (Å²) in [4.78, 5) is 4.87. The Morgan fingerprint density at radius 3 is 3.00 bits per heavy atom. The van der Waals surface area contributed by atoms with Crippen LogP contribution in [-0.2, 0) is 19.4 Å². The van der Waals surface area contributed by atoms with Gasteiger partial charge < -0.3 is 9.88 Å². The Balaban J connectivity index is 1.98. The standard InChI is InChI=1S/C14H23N3/c1-3-4-14-16-12-9-15-8-7-13(12)17(14)10(2)11-5-6-11/h10-11,15H,3-9H2,1-2H3. The summed E-state index contributed by atoms with van der Waals surface area (Å²) < 4.78 is 2.58. The van der Waals surface area contributed by atoms with Crippen LogP contribution in [-0.4, -0.2) is 16.1 Å². The van der Waals surface area contributed by atoms with Gasteiger partial charge in [0.2, 0.25) is 0 Å². The third-order valence-electron chi connectivity index (χ3n) is 4.18. The zero-order chi connectivity index (χ0) is 11.8. The first-order valence-corrected chi connectivity index (χ1v) is 7.10. The van der Waals surface area contributed by atoms with Gasteiger partial charge in [-0.3, -0.25) is 0 Å². The van der Waals surface area contributed by atoms with Crippen LogP contribution in [0, 0.1) is 5.92 Å². The summed E-state index contributed by atoms with van der Waals surface area (Å²) in [6.45, 7) is 6.72. The number of aryl methyl sites for hydroxylation is 1. The summed E-state index contributed by atoms with van der Waals surface area (Å²) in [5.41, 5.74) is 2.83. The van der Waals surface area contributed by atoms with Crippen molar-refractivity contribution in [1.29, 1.82) is 0 Å². The van der Waals surface area contributed by atoms with Gasteiger partial charge >= 0.3 is 0 Å². The summed E-state index contributed by atoms with van der Waals surface area (Å²) in [6, 6.07) is 0.672. The summed E-state index contributed by atoms with van der Waals surface area (Å²) in [5.74, 6) is 2.25. The number of nitrogens with zero attached hydrogens (tertiary/aromatic N) is 2. The minimum Gasteiger partial charge on any atom is -0.329 e. The van der Waals surface area contributed by atoms with E-state index in [1.807, 2.05) is 0 Å². The molecular formula is C14H23N3. The lowest BCUT2D eigenvalue weighted by atomic mass is 10.1. The highest BCUT2D eigenvalue weighted by Gasteiger charge is 2.32. The van der Waals surface area contributed by atoms with Crippen molar-refractivity contribution in [3.63, 3.8) is 0 Å². The number of rotatable bonds is 4. The van der Waals surface area contributed by atoms with Crippen molar-refractivity contribution < 1.29 is 0 Å². The Kier molecular flexibility index (Phi) is 2.95. The summed E-state index contributed by atoms with van der Waals surface area (Å²) in [7, 11) is 0. The molecule has 1 atom stereocenters. The predicted octanol–water partition coefficient (Wildman–Crippen LogP) is 2.45. The van der Waals surface area contributed by atoms with Gasteiger partial charge in [-0.25, -0.2) is 4.98 Å². The molecule has 0 aromatic carbocycles. The largest absolute Gasteiger partial charge is 0.329 e. The highest BCUT2D eigenvalue weighted by molar-refractivity contribution is 5.22. The second-order valence-electron chi connectivity index (χ2n) is 5.55. The second-order valence-corrected chi connectivity index (χ2v) is 5.55. The van der Waals surface area contributed by atoms with Crippen molar-refractivity contribution in [1.82, 2.24) is 14.9 Å². The Morgan fingerprint density at radius 1 is 1.47 bits per heavy atom. The van der Waals surface area contributed by atoms with E-state index in [2.05, 4.69) is 23.7 Å². The van der Waals surface area contributed by atoms with E-state index in [9.17, 15) is 0 Å². The lowest BCUT2D eigenvalue weighted by molar-refractivity contribution is 0.445.